The van der Waals surface area contributed by atoms with E-state index in [1.54, 1.807) is 13.2 Å². The fraction of sp³-hybridized carbons (Fsp3) is 0.300. The van der Waals surface area contributed by atoms with Crippen LogP contribution in [-0.2, 0) is 6.54 Å². The van der Waals surface area contributed by atoms with Crippen molar-refractivity contribution in [1.82, 2.24) is 10.6 Å². The normalized spacial score (nSPS) is 10.2. The largest absolute Gasteiger partial charge is 0.493 e. The zero-order chi connectivity index (χ0) is 19.8. The third-order valence-corrected chi connectivity index (χ3v) is 5.21. The molecule has 0 aromatic heterocycles. The van der Waals surface area contributed by atoms with Crippen LogP contribution in [0.3, 0.4) is 0 Å². The first-order chi connectivity index (χ1) is 12.9. The predicted molar refractivity (Wildman–Crippen MR) is 120 cm³/mol. The van der Waals surface area contributed by atoms with Crippen LogP contribution in [0.15, 0.2) is 36.4 Å². The number of carbonyl (C=O) groups is 1. The average Bonchev–Trinajstić information content (AvgIpc) is 2.67. The molecule has 5 nitrogen and oxygen atoms in total. The molecule has 0 unspecified atom stereocenters. The molecule has 27 heavy (non-hydrogen) atoms. The SMILES string of the molecule is CCCOc1ccc(CNC(=S)NC(=O)c2ccc(C)c(I)c2)cc1OC. The fourth-order valence-electron chi connectivity index (χ4n) is 2.29. The summed E-state index contributed by atoms with van der Waals surface area (Å²) >= 11 is 7.44. The number of nitrogens with one attached hydrogen (secondary N) is 2. The molecule has 7 heteroatoms. The number of hydrogen-bond donors (Lipinski definition) is 2. The summed E-state index contributed by atoms with van der Waals surface area (Å²) in [5.41, 5.74) is 2.68. The quantitative estimate of drug-likeness (QED) is 0.443. The summed E-state index contributed by atoms with van der Waals surface area (Å²) in [7, 11) is 1.61. The third kappa shape index (κ3) is 6.35. The van der Waals surface area contributed by atoms with Gasteiger partial charge in [-0.1, -0.05) is 19.1 Å². The molecule has 0 aliphatic rings. The van der Waals surface area contributed by atoms with Crippen LogP contribution in [0.2, 0.25) is 0 Å². The Morgan fingerprint density at radius 2 is 1.96 bits per heavy atom. The summed E-state index contributed by atoms with van der Waals surface area (Å²) in [6, 6.07) is 11.3. The number of amides is 1. The topological polar surface area (TPSA) is 59.6 Å². The van der Waals surface area contributed by atoms with E-state index >= 15 is 0 Å². The first-order valence-corrected chi connectivity index (χ1v) is 10.1. The zero-order valence-electron chi connectivity index (χ0n) is 15.6. The van der Waals surface area contributed by atoms with Crippen LogP contribution in [0, 0.1) is 10.5 Å². The summed E-state index contributed by atoms with van der Waals surface area (Å²) in [5, 5.41) is 6.02. The van der Waals surface area contributed by atoms with Gasteiger partial charge in [-0.25, -0.2) is 0 Å². The maximum Gasteiger partial charge on any atom is 0.257 e. The Balaban J connectivity index is 1.92. The Labute approximate surface area is 179 Å². The molecule has 0 saturated heterocycles. The molecule has 0 radical (unpaired) electrons. The number of methoxy groups -OCH3 is 1. The van der Waals surface area contributed by atoms with Crippen molar-refractivity contribution < 1.29 is 14.3 Å². The molecule has 0 atom stereocenters. The van der Waals surface area contributed by atoms with Crippen molar-refractivity contribution in [3.05, 3.63) is 56.7 Å². The van der Waals surface area contributed by atoms with Crippen molar-refractivity contribution in [2.75, 3.05) is 13.7 Å². The molecule has 2 N–H and O–H groups in total. The highest BCUT2D eigenvalue weighted by molar-refractivity contribution is 14.1. The molecule has 0 heterocycles. The van der Waals surface area contributed by atoms with Crippen LogP contribution in [0.4, 0.5) is 0 Å². The van der Waals surface area contributed by atoms with E-state index in [1.807, 2.05) is 37.3 Å². The van der Waals surface area contributed by atoms with Gasteiger partial charge in [0.15, 0.2) is 16.6 Å². The monoisotopic (exact) mass is 498 g/mol. The maximum absolute atomic E-state index is 12.3. The van der Waals surface area contributed by atoms with Gasteiger partial charge < -0.3 is 14.8 Å². The number of thiocarbonyl (C=S) groups is 1. The molecular formula is C20H23IN2O3S. The van der Waals surface area contributed by atoms with Crippen molar-refractivity contribution in [2.24, 2.45) is 0 Å². The van der Waals surface area contributed by atoms with E-state index in [-0.39, 0.29) is 11.0 Å². The Morgan fingerprint density at radius 3 is 2.63 bits per heavy atom. The minimum atomic E-state index is -0.230. The van der Waals surface area contributed by atoms with Crippen LogP contribution in [-0.4, -0.2) is 24.7 Å². The number of carbonyl (C=O) groups excluding carboxylic acids is 1. The molecule has 2 aromatic carbocycles. The highest BCUT2D eigenvalue weighted by Gasteiger charge is 2.10. The second-order valence-electron chi connectivity index (χ2n) is 5.93. The molecule has 0 aliphatic heterocycles. The average molecular weight is 498 g/mol. The van der Waals surface area contributed by atoms with Gasteiger partial charge >= 0.3 is 0 Å². The zero-order valence-corrected chi connectivity index (χ0v) is 18.6. The number of halogens is 1. The molecule has 144 valence electrons. The van der Waals surface area contributed by atoms with Gasteiger partial charge in [0.2, 0.25) is 0 Å². The van der Waals surface area contributed by atoms with Gasteiger partial charge in [-0.05, 0) is 83.5 Å². The number of benzene rings is 2. The summed E-state index contributed by atoms with van der Waals surface area (Å²) in [6.07, 6.45) is 0.931. The molecule has 2 aromatic rings. The van der Waals surface area contributed by atoms with Crippen LogP contribution in [0.25, 0.3) is 0 Å². The third-order valence-electron chi connectivity index (χ3n) is 3.80. The second-order valence-corrected chi connectivity index (χ2v) is 7.50. The number of hydrogen-bond acceptors (Lipinski definition) is 4. The maximum atomic E-state index is 12.3. The number of ether oxygens (including phenoxy) is 2. The highest BCUT2D eigenvalue weighted by atomic mass is 127. The first-order valence-electron chi connectivity index (χ1n) is 8.59. The Morgan fingerprint density at radius 1 is 1.19 bits per heavy atom. The van der Waals surface area contributed by atoms with Crippen LogP contribution < -0.4 is 20.1 Å². The van der Waals surface area contributed by atoms with E-state index in [9.17, 15) is 4.79 Å². The smallest absolute Gasteiger partial charge is 0.257 e. The lowest BCUT2D eigenvalue weighted by Gasteiger charge is -2.13. The lowest BCUT2D eigenvalue weighted by molar-refractivity contribution is 0.0976. The second kappa shape index (κ2) is 10.5. The molecule has 0 spiro atoms. The minimum absolute atomic E-state index is 0.230. The van der Waals surface area contributed by atoms with Crippen molar-refractivity contribution in [1.29, 1.82) is 0 Å². The van der Waals surface area contributed by atoms with E-state index in [0.717, 1.165) is 21.1 Å². The van der Waals surface area contributed by atoms with E-state index < -0.39 is 0 Å². The van der Waals surface area contributed by atoms with Gasteiger partial charge in [-0.3, -0.25) is 10.1 Å². The van der Waals surface area contributed by atoms with Crippen LogP contribution in [0.1, 0.15) is 34.8 Å². The molecule has 1 amide bonds. The van der Waals surface area contributed by atoms with Crippen molar-refractivity contribution >= 4 is 45.8 Å². The van der Waals surface area contributed by atoms with E-state index in [1.165, 1.54) is 0 Å². The summed E-state index contributed by atoms with van der Waals surface area (Å²) in [6.45, 7) is 5.16. The standard InChI is InChI=1S/C20H23IN2O3S/c1-4-9-26-17-8-6-14(10-18(17)25-3)12-22-20(27)23-19(24)15-7-5-13(2)16(21)11-15/h5-8,10-11H,4,9,12H2,1-3H3,(H2,22,23,24,27). The van der Waals surface area contributed by atoms with Gasteiger partial charge in [0.05, 0.1) is 13.7 Å². The highest BCUT2D eigenvalue weighted by Crippen LogP contribution is 2.28. The first kappa shape index (κ1) is 21.4. The van der Waals surface area contributed by atoms with Crippen molar-refractivity contribution in [3.63, 3.8) is 0 Å². The lowest BCUT2D eigenvalue weighted by atomic mass is 10.1. The van der Waals surface area contributed by atoms with Crippen LogP contribution in [0.5, 0.6) is 11.5 Å². The van der Waals surface area contributed by atoms with Gasteiger partial charge in [0.1, 0.15) is 0 Å². The van der Waals surface area contributed by atoms with E-state index in [4.69, 9.17) is 21.7 Å². The Kier molecular flexibility index (Phi) is 8.30. The van der Waals surface area contributed by atoms with E-state index in [0.29, 0.717) is 30.2 Å². The lowest BCUT2D eigenvalue weighted by Crippen LogP contribution is -2.38. The molecule has 0 saturated carbocycles. The predicted octanol–water partition coefficient (Wildman–Crippen LogP) is 4.20. The molecular weight excluding hydrogens is 475 g/mol. The molecule has 2 rings (SSSR count). The summed E-state index contributed by atoms with van der Waals surface area (Å²) in [4.78, 5) is 12.3. The molecule has 0 fully saturated rings. The van der Waals surface area contributed by atoms with Gasteiger partial charge in [0.25, 0.3) is 5.91 Å². The summed E-state index contributed by atoms with van der Waals surface area (Å²) < 4.78 is 12.1. The molecule has 0 aliphatic carbocycles. The van der Waals surface area contributed by atoms with Gasteiger partial charge in [-0.2, -0.15) is 0 Å². The van der Waals surface area contributed by atoms with Crippen molar-refractivity contribution in [2.45, 2.75) is 26.8 Å². The number of rotatable bonds is 7. The van der Waals surface area contributed by atoms with Crippen LogP contribution >= 0.6 is 34.8 Å². The Hall–Kier alpha value is -1.87. The minimum Gasteiger partial charge on any atom is -0.493 e. The molecule has 0 bridgehead atoms. The van der Waals surface area contributed by atoms with Crippen molar-refractivity contribution in [3.8, 4) is 11.5 Å². The number of aryl methyl sites for hydroxylation is 1. The van der Waals surface area contributed by atoms with Gasteiger partial charge in [0, 0.05) is 15.7 Å². The van der Waals surface area contributed by atoms with Gasteiger partial charge in [-0.15, -0.1) is 0 Å². The van der Waals surface area contributed by atoms with E-state index in [2.05, 4.69) is 40.1 Å². The fourth-order valence-corrected chi connectivity index (χ4v) is 2.97. The Bertz CT molecular complexity index is 827. The summed E-state index contributed by atoms with van der Waals surface area (Å²) in [5.74, 6) is 1.16.